The Bertz CT molecular complexity index is 1010. The van der Waals surface area contributed by atoms with E-state index in [1.807, 2.05) is 23.1 Å². The van der Waals surface area contributed by atoms with Crippen LogP contribution < -0.4 is 9.47 Å². The van der Waals surface area contributed by atoms with E-state index in [1.165, 1.54) is 22.2 Å². The van der Waals surface area contributed by atoms with Gasteiger partial charge in [0.1, 0.15) is 0 Å². The van der Waals surface area contributed by atoms with Gasteiger partial charge >= 0.3 is 0 Å². The zero-order valence-electron chi connectivity index (χ0n) is 16.0. The molecule has 2 heterocycles. The average Bonchev–Trinajstić information content (AvgIpc) is 3.00. The van der Waals surface area contributed by atoms with Gasteiger partial charge in [-0.25, -0.2) is 0 Å². The Balaban J connectivity index is 1.55. The zero-order valence-corrected chi connectivity index (χ0v) is 16.0. The third kappa shape index (κ3) is 3.03. The number of carbonyl (C=O) groups excluding carboxylic acids is 1. The van der Waals surface area contributed by atoms with Crippen LogP contribution >= 0.6 is 0 Å². The molecule has 27 heavy (non-hydrogen) atoms. The number of hydrogen-bond acceptors (Lipinski definition) is 3. The molecule has 0 atom stereocenters. The molecule has 1 aromatic heterocycles. The van der Waals surface area contributed by atoms with Gasteiger partial charge in [0.25, 0.3) is 0 Å². The quantitative estimate of drug-likeness (QED) is 0.713. The minimum absolute atomic E-state index is 0.137. The Morgan fingerprint density at radius 2 is 1.85 bits per heavy atom. The Morgan fingerprint density at radius 1 is 1.07 bits per heavy atom. The first-order chi connectivity index (χ1) is 13.1. The highest BCUT2D eigenvalue weighted by Crippen LogP contribution is 2.31. The lowest BCUT2D eigenvalue weighted by Gasteiger charge is -2.28. The van der Waals surface area contributed by atoms with Gasteiger partial charge in [-0.3, -0.25) is 4.79 Å². The van der Waals surface area contributed by atoms with Crippen molar-refractivity contribution >= 4 is 16.8 Å². The maximum atomic E-state index is 12.9. The molecule has 0 saturated heterocycles. The molecule has 0 bridgehead atoms. The van der Waals surface area contributed by atoms with E-state index < -0.39 is 0 Å². The molecule has 0 saturated carbocycles. The number of methoxy groups -OCH3 is 2. The SMILES string of the molecule is COc1ccc(CC(=O)N2CCc3c(n(C)c4ccccc34)C2)cc1OC. The normalized spacial score (nSPS) is 13.5. The van der Waals surface area contributed by atoms with Crippen LogP contribution in [0, 0.1) is 0 Å². The summed E-state index contributed by atoms with van der Waals surface area (Å²) >= 11 is 0. The van der Waals surface area contributed by atoms with Crippen LogP contribution in [0.15, 0.2) is 42.5 Å². The van der Waals surface area contributed by atoms with Gasteiger partial charge < -0.3 is 18.9 Å². The molecule has 4 rings (SSSR count). The fourth-order valence-electron chi connectivity index (χ4n) is 4.00. The number of nitrogens with zero attached hydrogens (tertiary/aromatic N) is 2. The van der Waals surface area contributed by atoms with E-state index in [0.717, 1.165) is 18.5 Å². The third-order valence-electron chi connectivity index (χ3n) is 5.47. The van der Waals surface area contributed by atoms with Crippen molar-refractivity contribution in [2.75, 3.05) is 20.8 Å². The molecule has 0 fully saturated rings. The molecule has 5 nitrogen and oxygen atoms in total. The molecule has 1 aliphatic rings. The van der Waals surface area contributed by atoms with Crippen LogP contribution in [-0.4, -0.2) is 36.1 Å². The number of para-hydroxylation sites is 1. The first kappa shape index (κ1) is 17.5. The molecule has 5 heteroatoms. The van der Waals surface area contributed by atoms with Gasteiger partial charge in [0.05, 0.1) is 27.2 Å². The summed E-state index contributed by atoms with van der Waals surface area (Å²) in [6.07, 6.45) is 1.26. The van der Waals surface area contributed by atoms with E-state index in [-0.39, 0.29) is 5.91 Å². The largest absolute Gasteiger partial charge is 0.493 e. The summed E-state index contributed by atoms with van der Waals surface area (Å²) in [6, 6.07) is 14.1. The van der Waals surface area contributed by atoms with Crippen LogP contribution in [0.25, 0.3) is 10.9 Å². The van der Waals surface area contributed by atoms with Gasteiger partial charge in [-0.1, -0.05) is 24.3 Å². The van der Waals surface area contributed by atoms with Crippen LogP contribution in [-0.2, 0) is 31.2 Å². The van der Waals surface area contributed by atoms with Crippen LogP contribution in [0.2, 0.25) is 0 Å². The van der Waals surface area contributed by atoms with Crippen LogP contribution in [0.5, 0.6) is 11.5 Å². The van der Waals surface area contributed by atoms with Gasteiger partial charge in [-0.2, -0.15) is 0 Å². The smallest absolute Gasteiger partial charge is 0.227 e. The topological polar surface area (TPSA) is 43.7 Å². The van der Waals surface area contributed by atoms with E-state index in [2.05, 4.69) is 35.9 Å². The summed E-state index contributed by atoms with van der Waals surface area (Å²) in [4.78, 5) is 14.9. The number of hydrogen-bond donors (Lipinski definition) is 0. The Morgan fingerprint density at radius 3 is 2.63 bits per heavy atom. The van der Waals surface area contributed by atoms with Crippen molar-refractivity contribution in [2.45, 2.75) is 19.4 Å². The highest BCUT2D eigenvalue weighted by atomic mass is 16.5. The molecule has 2 aromatic carbocycles. The van der Waals surface area contributed by atoms with Crippen molar-refractivity contribution < 1.29 is 14.3 Å². The summed E-state index contributed by atoms with van der Waals surface area (Å²) in [5.41, 5.74) is 4.78. The summed E-state index contributed by atoms with van der Waals surface area (Å²) < 4.78 is 12.8. The summed E-state index contributed by atoms with van der Waals surface area (Å²) in [6.45, 7) is 1.42. The number of carbonyl (C=O) groups is 1. The average molecular weight is 364 g/mol. The molecular weight excluding hydrogens is 340 g/mol. The van der Waals surface area contributed by atoms with Crippen molar-refractivity contribution in [3.8, 4) is 11.5 Å². The molecule has 140 valence electrons. The maximum Gasteiger partial charge on any atom is 0.227 e. The molecule has 1 aliphatic heterocycles. The number of benzene rings is 2. The van der Waals surface area contributed by atoms with Crippen molar-refractivity contribution in [1.29, 1.82) is 0 Å². The molecule has 0 N–H and O–H groups in total. The lowest BCUT2D eigenvalue weighted by Crippen LogP contribution is -2.37. The number of aryl methyl sites for hydroxylation is 1. The molecule has 0 spiro atoms. The lowest BCUT2D eigenvalue weighted by molar-refractivity contribution is -0.131. The molecule has 0 aliphatic carbocycles. The highest BCUT2D eigenvalue weighted by Gasteiger charge is 2.25. The van der Waals surface area contributed by atoms with E-state index in [1.54, 1.807) is 14.2 Å². The van der Waals surface area contributed by atoms with E-state index >= 15 is 0 Å². The van der Waals surface area contributed by atoms with Crippen molar-refractivity contribution in [2.24, 2.45) is 7.05 Å². The Kier molecular flexibility index (Phi) is 4.52. The second-order valence-corrected chi connectivity index (χ2v) is 6.93. The van der Waals surface area contributed by atoms with Gasteiger partial charge in [0, 0.05) is 30.2 Å². The van der Waals surface area contributed by atoms with Crippen LogP contribution in [0.1, 0.15) is 16.8 Å². The number of ether oxygens (including phenoxy) is 2. The predicted octanol–water partition coefficient (Wildman–Crippen LogP) is 3.32. The van der Waals surface area contributed by atoms with Crippen molar-refractivity contribution in [1.82, 2.24) is 9.47 Å². The fourth-order valence-corrected chi connectivity index (χ4v) is 4.00. The molecule has 0 unspecified atom stereocenters. The summed E-state index contributed by atoms with van der Waals surface area (Å²) in [7, 11) is 5.30. The first-order valence-corrected chi connectivity index (χ1v) is 9.16. The van der Waals surface area contributed by atoms with Gasteiger partial charge in [-0.05, 0) is 35.7 Å². The second kappa shape index (κ2) is 6.99. The summed E-state index contributed by atoms with van der Waals surface area (Å²) in [5, 5.41) is 1.31. The molecular formula is C22H24N2O3. The monoisotopic (exact) mass is 364 g/mol. The zero-order chi connectivity index (χ0) is 19.0. The lowest BCUT2D eigenvalue weighted by atomic mass is 10.0. The maximum absolute atomic E-state index is 12.9. The highest BCUT2D eigenvalue weighted by molar-refractivity contribution is 5.86. The predicted molar refractivity (Wildman–Crippen MR) is 105 cm³/mol. The number of aromatic nitrogens is 1. The molecule has 1 amide bonds. The minimum Gasteiger partial charge on any atom is -0.493 e. The second-order valence-electron chi connectivity index (χ2n) is 6.93. The van der Waals surface area contributed by atoms with Crippen molar-refractivity contribution in [3.05, 3.63) is 59.3 Å². The summed E-state index contributed by atoms with van der Waals surface area (Å²) in [5.74, 6) is 1.46. The first-order valence-electron chi connectivity index (χ1n) is 9.16. The Hall–Kier alpha value is -2.95. The van der Waals surface area contributed by atoms with Gasteiger partial charge in [0.15, 0.2) is 11.5 Å². The Labute approximate surface area is 159 Å². The number of amides is 1. The van der Waals surface area contributed by atoms with E-state index in [4.69, 9.17) is 9.47 Å². The van der Waals surface area contributed by atoms with Gasteiger partial charge in [-0.15, -0.1) is 0 Å². The number of fused-ring (bicyclic) bond motifs is 3. The molecule has 0 radical (unpaired) electrons. The van der Waals surface area contributed by atoms with E-state index in [9.17, 15) is 4.79 Å². The van der Waals surface area contributed by atoms with Crippen molar-refractivity contribution in [3.63, 3.8) is 0 Å². The van der Waals surface area contributed by atoms with Crippen LogP contribution in [0.3, 0.4) is 0 Å². The van der Waals surface area contributed by atoms with E-state index in [0.29, 0.717) is 24.5 Å². The van der Waals surface area contributed by atoms with Crippen LogP contribution in [0.4, 0.5) is 0 Å². The third-order valence-corrected chi connectivity index (χ3v) is 5.47. The fraction of sp³-hybridized carbons (Fsp3) is 0.318. The molecule has 3 aromatic rings. The standard InChI is InChI=1S/C22H24N2O3/c1-23-18-7-5-4-6-16(18)17-10-11-24(14-19(17)23)22(25)13-15-8-9-20(26-2)21(12-15)27-3/h4-9,12H,10-11,13-14H2,1-3H3. The van der Waals surface area contributed by atoms with Gasteiger partial charge in [0.2, 0.25) is 5.91 Å². The number of rotatable bonds is 4. The minimum atomic E-state index is 0.137.